The number of carbonyl (C=O) groups excluding carboxylic acids is 2. The number of rotatable bonds is 7. The van der Waals surface area contributed by atoms with Gasteiger partial charge in [0.15, 0.2) is 0 Å². The molecule has 2 rings (SSSR count). The summed E-state index contributed by atoms with van der Waals surface area (Å²) in [6.45, 7) is 1.62. The van der Waals surface area contributed by atoms with Crippen LogP contribution >= 0.6 is 0 Å². The first-order chi connectivity index (χ1) is 9.44. The van der Waals surface area contributed by atoms with Crippen LogP contribution in [0.5, 0.6) is 0 Å². The molecule has 2 fully saturated rings. The average Bonchev–Trinajstić information content (AvgIpc) is 3.08. The van der Waals surface area contributed by atoms with E-state index in [0.29, 0.717) is 19.1 Å². The topological polar surface area (TPSA) is 90.0 Å². The van der Waals surface area contributed by atoms with Crippen molar-refractivity contribution < 1.29 is 19.5 Å². The molecule has 1 saturated carbocycles. The van der Waals surface area contributed by atoms with Gasteiger partial charge in [0, 0.05) is 26.2 Å². The first kappa shape index (κ1) is 14.8. The Hall–Kier alpha value is -1.63. The molecule has 0 aromatic heterocycles. The third kappa shape index (κ3) is 4.48. The molecule has 0 aromatic carbocycles. The third-order valence-corrected chi connectivity index (χ3v) is 3.60. The van der Waals surface area contributed by atoms with E-state index in [4.69, 9.17) is 5.11 Å². The van der Waals surface area contributed by atoms with Crippen LogP contribution in [0.25, 0.3) is 0 Å². The average molecular weight is 283 g/mol. The van der Waals surface area contributed by atoms with E-state index in [1.54, 1.807) is 7.05 Å². The SMILES string of the molecule is CN(CC(=O)NC1CC1)C(=O)CN1CC(CC(=O)O)C1. The summed E-state index contributed by atoms with van der Waals surface area (Å²) in [6.07, 6.45) is 2.22. The largest absolute Gasteiger partial charge is 0.481 e. The summed E-state index contributed by atoms with van der Waals surface area (Å²) < 4.78 is 0. The van der Waals surface area contributed by atoms with E-state index in [2.05, 4.69) is 5.32 Å². The number of carboxylic acid groups (broad SMARTS) is 1. The number of hydrogen-bond acceptors (Lipinski definition) is 4. The van der Waals surface area contributed by atoms with Crippen LogP contribution in [0.2, 0.25) is 0 Å². The van der Waals surface area contributed by atoms with Gasteiger partial charge in [0.1, 0.15) is 0 Å². The normalized spacial score (nSPS) is 19.2. The molecule has 2 aliphatic rings. The standard InChI is InChI=1S/C13H21N3O4/c1-15(7-11(17)14-10-2-3-10)12(18)8-16-5-9(6-16)4-13(19)20/h9-10H,2-8H2,1H3,(H,14,17)(H,19,20). The number of carboxylic acids is 1. The van der Waals surface area contributed by atoms with E-state index in [0.717, 1.165) is 12.8 Å². The Morgan fingerprint density at radius 1 is 1.30 bits per heavy atom. The fourth-order valence-electron chi connectivity index (χ4n) is 2.30. The second kappa shape index (κ2) is 6.21. The van der Waals surface area contributed by atoms with Crippen LogP contribution in [-0.2, 0) is 14.4 Å². The van der Waals surface area contributed by atoms with E-state index in [-0.39, 0.29) is 37.2 Å². The van der Waals surface area contributed by atoms with Crippen molar-refractivity contribution in [1.82, 2.24) is 15.1 Å². The van der Waals surface area contributed by atoms with E-state index < -0.39 is 5.97 Å². The highest BCUT2D eigenvalue weighted by Crippen LogP contribution is 2.19. The molecule has 0 aromatic rings. The lowest BCUT2D eigenvalue weighted by atomic mass is 9.96. The Morgan fingerprint density at radius 2 is 1.95 bits per heavy atom. The molecule has 2 amide bonds. The van der Waals surface area contributed by atoms with Crippen LogP contribution in [0.3, 0.4) is 0 Å². The molecule has 1 saturated heterocycles. The van der Waals surface area contributed by atoms with Gasteiger partial charge in [-0.1, -0.05) is 0 Å². The Morgan fingerprint density at radius 3 is 2.50 bits per heavy atom. The number of carbonyl (C=O) groups is 3. The van der Waals surface area contributed by atoms with Crippen molar-refractivity contribution in [3.8, 4) is 0 Å². The minimum Gasteiger partial charge on any atom is -0.481 e. The molecule has 112 valence electrons. The van der Waals surface area contributed by atoms with Crippen molar-refractivity contribution in [2.45, 2.75) is 25.3 Å². The van der Waals surface area contributed by atoms with Crippen LogP contribution in [0, 0.1) is 5.92 Å². The number of aliphatic carboxylic acids is 1. The second-order valence-electron chi connectivity index (χ2n) is 5.75. The molecular formula is C13H21N3O4. The zero-order valence-corrected chi connectivity index (χ0v) is 11.7. The molecule has 0 spiro atoms. The summed E-state index contributed by atoms with van der Waals surface area (Å²) in [4.78, 5) is 37.3. The van der Waals surface area contributed by atoms with Gasteiger partial charge in [-0.05, 0) is 18.8 Å². The maximum atomic E-state index is 11.9. The van der Waals surface area contributed by atoms with Crippen molar-refractivity contribution in [2.24, 2.45) is 5.92 Å². The van der Waals surface area contributed by atoms with Crippen molar-refractivity contribution in [1.29, 1.82) is 0 Å². The first-order valence-corrected chi connectivity index (χ1v) is 6.91. The number of hydrogen-bond donors (Lipinski definition) is 2. The number of likely N-dealkylation sites (tertiary alicyclic amines) is 1. The molecule has 7 nitrogen and oxygen atoms in total. The highest BCUT2D eigenvalue weighted by atomic mass is 16.4. The molecule has 0 radical (unpaired) electrons. The molecule has 2 N–H and O–H groups in total. The molecule has 0 bridgehead atoms. The summed E-state index contributed by atoms with van der Waals surface area (Å²) in [5.74, 6) is -0.876. The monoisotopic (exact) mass is 283 g/mol. The molecule has 20 heavy (non-hydrogen) atoms. The fraction of sp³-hybridized carbons (Fsp3) is 0.769. The summed E-state index contributed by atoms with van der Waals surface area (Å²) in [7, 11) is 1.61. The van der Waals surface area contributed by atoms with Crippen molar-refractivity contribution in [2.75, 3.05) is 33.2 Å². The fourth-order valence-corrected chi connectivity index (χ4v) is 2.30. The highest BCUT2D eigenvalue weighted by Gasteiger charge is 2.31. The van der Waals surface area contributed by atoms with E-state index >= 15 is 0 Å². The van der Waals surface area contributed by atoms with Crippen LogP contribution in [0.15, 0.2) is 0 Å². The van der Waals surface area contributed by atoms with Gasteiger partial charge in [-0.2, -0.15) is 0 Å². The molecule has 1 aliphatic heterocycles. The summed E-state index contributed by atoms with van der Waals surface area (Å²) >= 11 is 0. The predicted octanol–water partition coefficient (Wildman–Crippen LogP) is -0.870. The predicted molar refractivity (Wildman–Crippen MR) is 71.0 cm³/mol. The summed E-state index contributed by atoms with van der Waals surface area (Å²) in [5.41, 5.74) is 0. The smallest absolute Gasteiger partial charge is 0.303 e. The van der Waals surface area contributed by atoms with Crippen molar-refractivity contribution in [3.63, 3.8) is 0 Å². The Balaban J connectivity index is 1.62. The first-order valence-electron chi connectivity index (χ1n) is 6.91. The lowest BCUT2D eigenvalue weighted by Gasteiger charge is -2.38. The van der Waals surface area contributed by atoms with Crippen LogP contribution in [0.4, 0.5) is 0 Å². The summed E-state index contributed by atoms with van der Waals surface area (Å²) in [6, 6.07) is 0.304. The van der Waals surface area contributed by atoms with Gasteiger partial charge in [-0.15, -0.1) is 0 Å². The molecule has 1 aliphatic carbocycles. The van der Waals surface area contributed by atoms with Crippen molar-refractivity contribution in [3.05, 3.63) is 0 Å². The molecule has 0 unspecified atom stereocenters. The van der Waals surface area contributed by atoms with E-state index in [1.165, 1.54) is 4.90 Å². The van der Waals surface area contributed by atoms with Crippen molar-refractivity contribution >= 4 is 17.8 Å². The lowest BCUT2D eigenvalue weighted by Crippen LogP contribution is -2.52. The second-order valence-corrected chi connectivity index (χ2v) is 5.75. The lowest BCUT2D eigenvalue weighted by molar-refractivity contribution is -0.140. The van der Waals surface area contributed by atoms with Gasteiger partial charge in [0.25, 0.3) is 0 Å². The zero-order chi connectivity index (χ0) is 14.7. The Kier molecular flexibility index (Phi) is 4.59. The minimum atomic E-state index is -0.796. The zero-order valence-electron chi connectivity index (χ0n) is 11.7. The molecule has 7 heteroatoms. The van der Waals surface area contributed by atoms with E-state index in [9.17, 15) is 14.4 Å². The van der Waals surface area contributed by atoms with Gasteiger partial charge in [0.2, 0.25) is 11.8 Å². The maximum Gasteiger partial charge on any atom is 0.303 e. The van der Waals surface area contributed by atoms with Gasteiger partial charge in [-0.25, -0.2) is 0 Å². The van der Waals surface area contributed by atoms with Gasteiger partial charge in [0.05, 0.1) is 19.5 Å². The summed E-state index contributed by atoms with van der Waals surface area (Å²) in [5, 5.41) is 11.5. The molecule has 1 heterocycles. The number of amides is 2. The van der Waals surface area contributed by atoms with Crippen LogP contribution in [0.1, 0.15) is 19.3 Å². The third-order valence-electron chi connectivity index (χ3n) is 3.60. The number of likely N-dealkylation sites (N-methyl/N-ethyl adjacent to an activating group) is 1. The quantitative estimate of drug-likeness (QED) is 0.634. The Labute approximate surface area is 117 Å². The molecule has 0 atom stereocenters. The Bertz CT molecular complexity index is 402. The van der Waals surface area contributed by atoms with Gasteiger partial charge in [-0.3, -0.25) is 19.3 Å². The van der Waals surface area contributed by atoms with Crippen LogP contribution < -0.4 is 5.32 Å². The van der Waals surface area contributed by atoms with Gasteiger partial charge < -0.3 is 15.3 Å². The number of nitrogens with zero attached hydrogens (tertiary/aromatic N) is 2. The molecular weight excluding hydrogens is 262 g/mol. The highest BCUT2D eigenvalue weighted by molar-refractivity contribution is 5.85. The maximum absolute atomic E-state index is 11.9. The van der Waals surface area contributed by atoms with Gasteiger partial charge >= 0.3 is 5.97 Å². The van der Waals surface area contributed by atoms with E-state index in [1.807, 2.05) is 4.90 Å². The minimum absolute atomic E-state index is 0.0850. The number of nitrogens with one attached hydrogen (secondary N) is 1. The van der Waals surface area contributed by atoms with Crippen LogP contribution in [-0.4, -0.2) is 72.0 Å².